The van der Waals surface area contributed by atoms with Crippen LogP contribution in [-0.2, 0) is 0 Å². The monoisotopic (exact) mass is 691 g/mol. The summed E-state index contributed by atoms with van der Waals surface area (Å²) in [4.78, 5) is 65.0. The largest absolute Gasteiger partial charge is 0.432 e. The van der Waals surface area contributed by atoms with Crippen LogP contribution < -0.4 is 0 Å². The molecule has 2 aliphatic carbocycles. The number of likely N-dealkylation sites (N-methyl/N-ethyl adjacent to an activating group) is 2. The summed E-state index contributed by atoms with van der Waals surface area (Å²) in [6.45, 7) is 2.02. The van der Waals surface area contributed by atoms with Gasteiger partial charge in [-0.3, -0.25) is 19.2 Å². The first-order chi connectivity index (χ1) is 23.8. The van der Waals surface area contributed by atoms with Crippen molar-refractivity contribution >= 4 is 23.1 Å². The summed E-state index contributed by atoms with van der Waals surface area (Å²) in [6.07, 6.45) is 3.50. The summed E-state index contributed by atoms with van der Waals surface area (Å²) >= 11 is 0. The van der Waals surface area contributed by atoms with Gasteiger partial charge in [0.05, 0.1) is 22.5 Å². The third-order valence-corrected chi connectivity index (χ3v) is 8.34. The maximum absolute atomic E-state index is 14.3. The number of ketones is 4. The van der Waals surface area contributed by atoms with Gasteiger partial charge < -0.3 is 23.5 Å². The molecule has 4 aromatic rings. The molecule has 0 radical (unpaired) electrons. The molecule has 0 fully saturated rings. The molecule has 0 saturated carbocycles. The first kappa shape index (κ1) is 34.2. The predicted molar refractivity (Wildman–Crippen MR) is 169 cm³/mol. The van der Waals surface area contributed by atoms with Crippen molar-refractivity contribution in [3.63, 3.8) is 0 Å². The Bertz CT molecular complexity index is 1970. The fourth-order valence-electron chi connectivity index (χ4n) is 5.66. The Morgan fingerprint density at radius 1 is 0.600 bits per heavy atom. The van der Waals surface area contributed by atoms with Gasteiger partial charge in [0, 0.05) is 39.3 Å². The van der Waals surface area contributed by atoms with Crippen LogP contribution in [0, 0.1) is 23.3 Å². The number of halogens is 4. The third-order valence-electron chi connectivity index (χ3n) is 8.34. The van der Waals surface area contributed by atoms with Crippen LogP contribution in [0.4, 0.5) is 17.6 Å². The fraction of sp³-hybridized carbons (Fsp3) is 0.257. The van der Waals surface area contributed by atoms with Crippen LogP contribution in [0.15, 0.2) is 68.8 Å². The lowest BCUT2D eigenvalue weighted by atomic mass is 10.0. The molecular formula is C35H29F4N5O6. The number of carbonyl (C=O) groups excluding carboxylic acids is 4. The van der Waals surface area contributed by atoms with E-state index in [9.17, 15) is 36.7 Å². The van der Waals surface area contributed by atoms with Crippen LogP contribution in [0.3, 0.4) is 0 Å². The number of rotatable bonds is 12. The molecule has 2 aromatic carbocycles. The second-order valence-electron chi connectivity index (χ2n) is 11.9. The van der Waals surface area contributed by atoms with Crippen LogP contribution in [0.25, 0.3) is 22.9 Å². The molecule has 2 heterocycles. The molecule has 2 aliphatic rings. The van der Waals surface area contributed by atoms with Crippen LogP contribution in [-0.4, -0.2) is 95.1 Å². The molecule has 0 saturated heterocycles. The highest BCUT2D eigenvalue weighted by atomic mass is 19.1. The zero-order valence-corrected chi connectivity index (χ0v) is 27.1. The Hall–Kier alpha value is -5.70. The number of Topliss-reactive ketones (excluding diaryl/α,β-unsaturated/α-hetero) is 2. The van der Waals surface area contributed by atoms with E-state index in [1.807, 2.05) is 11.9 Å². The SMILES string of the molecule is CN(CCCN(C)C1=CC(=O)c2nc(-c3cc(F)ccc3F)oc2C1=O)CCCN(C)C1=CC(=O)c2nc(-c3cc(F)ccc3F)oc2C1=O. The van der Waals surface area contributed by atoms with Gasteiger partial charge in [0.1, 0.15) is 23.3 Å². The van der Waals surface area contributed by atoms with Crippen LogP contribution in [0.1, 0.15) is 54.9 Å². The number of hydrogen-bond donors (Lipinski definition) is 0. The summed E-state index contributed by atoms with van der Waals surface area (Å²) in [5, 5.41) is 0. The van der Waals surface area contributed by atoms with Crippen molar-refractivity contribution in [3.05, 3.63) is 106 Å². The minimum absolute atomic E-state index is 0.0808. The van der Waals surface area contributed by atoms with E-state index in [2.05, 4.69) is 9.97 Å². The van der Waals surface area contributed by atoms with Gasteiger partial charge in [-0.2, -0.15) is 0 Å². The second-order valence-corrected chi connectivity index (χ2v) is 11.9. The number of benzene rings is 2. The Morgan fingerprint density at radius 2 is 1.00 bits per heavy atom. The molecule has 258 valence electrons. The van der Waals surface area contributed by atoms with Gasteiger partial charge in [0.15, 0.2) is 11.4 Å². The smallest absolute Gasteiger partial charge is 0.246 e. The number of oxazole rings is 2. The number of fused-ring (bicyclic) bond motifs is 2. The van der Waals surface area contributed by atoms with Gasteiger partial charge in [0.2, 0.25) is 46.4 Å². The minimum atomic E-state index is -0.818. The third kappa shape index (κ3) is 6.63. The highest BCUT2D eigenvalue weighted by Gasteiger charge is 2.36. The summed E-state index contributed by atoms with van der Waals surface area (Å²) in [7, 11) is 5.19. The van der Waals surface area contributed by atoms with E-state index in [-0.39, 0.29) is 57.2 Å². The van der Waals surface area contributed by atoms with Crippen molar-refractivity contribution in [1.82, 2.24) is 24.7 Å². The number of allylic oxidation sites excluding steroid dienone is 4. The first-order valence-electron chi connectivity index (χ1n) is 15.5. The van der Waals surface area contributed by atoms with Crippen LogP contribution in [0.5, 0.6) is 0 Å². The van der Waals surface area contributed by atoms with E-state index in [0.717, 1.165) is 48.6 Å². The van der Waals surface area contributed by atoms with E-state index in [0.29, 0.717) is 39.0 Å². The van der Waals surface area contributed by atoms with Gasteiger partial charge >= 0.3 is 0 Å². The zero-order valence-electron chi connectivity index (χ0n) is 27.1. The Kier molecular flexibility index (Phi) is 9.34. The molecular weight excluding hydrogens is 662 g/mol. The number of carbonyl (C=O) groups is 4. The van der Waals surface area contributed by atoms with Crippen molar-refractivity contribution in [1.29, 1.82) is 0 Å². The lowest BCUT2D eigenvalue weighted by Crippen LogP contribution is -2.32. The minimum Gasteiger partial charge on any atom is -0.432 e. The Balaban J connectivity index is 0.988. The molecule has 0 atom stereocenters. The molecule has 11 nitrogen and oxygen atoms in total. The van der Waals surface area contributed by atoms with Crippen molar-refractivity contribution in [3.8, 4) is 22.9 Å². The van der Waals surface area contributed by atoms with E-state index in [1.54, 1.807) is 23.9 Å². The zero-order chi connectivity index (χ0) is 35.9. The van der Waals surface area contributed by atoms with Crippen molar-refractivity contribution < 1.29 is 45.6 Å². The molecule has 0 spiro atoms. The molecule has 15 heteroatoms. The molecule has 6 rings (SSSR count). The van der Waals surface area contributed by atoms with Gasteiger partial charge in [-0.15, -0.1) is 0 Å². The van der Waals surface area contributed by atoms with Crippen molar-refractivity contribution in [2.75, 3.05) is 47.3 Å². The molecule has 0 amide bonds. The van der Waals surface area contributed by atoms with Gasteiger partial charge in [-0.05, 0) is 69.4 Å². The summed E-state index contributed by atoms with van der Waals surface area (Å²) in [5.41, 5.74) is -0.989. The van der Waals surface area contributed by atoms with E-state index in [1.165, 1.54) is 0 Å². The van der Waals surface area contributed by atoms with Crippen molar-refractivity contribution in [2.24, 2.45) is 0 Å². The average molecular weight is 692 g/mol. The maximum Gasteiger partial charge on any atom is 0.246 e. The fourth-order valence-corrected chi connectivity index (χ4v) is 5.66. The van der Waals surface area contributed by atoms with Gasteiger partial charge in [-0.1, -0.05) is 0 Å². The molecule has 2 aromatic heterocycles. The Morgan fingerprint density at radius 3 is 1.40 bits per heavy atom. The normalized spacial score (nSPS) is 14.2. The topological polar surface area (TPSA) is 130 Å². The van der Waals surface area contributed by atoms with E-state index < -0.39 is 46.4 Å². The predicted octanol–water partition coefficient (Wildman–Crippen LogP) is 5.35. The summed E-state index contributed by atoms with van der Waals surface area (Å²) in [5.74, 6) is -6.92. The standard InChI is InChI=1S/C35H29F4N5O6/c1-42(10-4-12-43(2)24-16-26(45)28-32(30(24)47)49-34(40-28)20-14-18(36)6-8-22(20)38)11-5-13-44(3)25-17-27(46)29-33(31(25)48)50-35(41-29)21-15-19(37)7-9-23(21)39/h6-9,14-17H,4-5,10-13H2,1-3H3. The van der Waals surface area contributed by atoms with E-state index in [4.69, 9.17) is 8.83 Å². The Labute approximate surface area is 282 Å². The highest BCUT2D eigenvalue weighted by molar-refractivity contribution is 6.23. The summed E-state index contributed by atoms with van der Waals surface area (Å²) < 4.78 is 66.8. The van der Waals surface area contributed by atoms with Gasteiger partial charge in [-0.25, -0.2) is 27.5 Å². The molecule has 0 N–H and O–H groups in total. The second kappa shape index (κ2) is 13.7. The van der Waals surface area contributed by atoms with Crippen LogP contribution in [0.2, 0.25) is 0 Å². The highest BCUT2D eigenvalue weighted by Crippen LogP contribution is 2.32. The number of hydrogen-bond acceptors (Lipinski definition) is 11. The van der Waals surface area contributed by atoms with E-state index >= 15 is 0 Å². The maximum atomic E-state index is 14.3. The van der Waals surface area contributed by atoms with Crippen LogP contribution >= 0.6 is 0 Å². The molecule has 0 aliphatic heterocycles. The van der Waals surface area contributed by atoms with Crippen molar-refractivity contribution in [2.45, 2.75) is 12.8 Å². The molecule has 50 heavy (non-hydrogen) atoms. The molecule has 0 unspecified atom stereocenters. The summed E-state index contributed by atoms with van der Waals surface area (Å²) in [6, 6.07) is 5.38. The molecule has 0 bridgehead atoms. The van der Waals surface area contributed by atoms with Gasteiger partial charge in [0.25, 0.3) is 0 Å². The number of nitrogens with zero attached hydrogens (tertiary/aromatic N) is 5. The number of aromatic nitrogens is 2. The lowest BCUT2D eigenvalue weighted by Gasteiger charge is -2.25. The average Bonchev–Trinajstić information content (AvgIpc) is 3.74. The first-order valence-corrected chi connectivity index (χ1v) is 15.5. The quantitative estimate of drug-likeness (QED) is 0.178. The lowest BCUT2D eigenvalue weighted by molar-refractivity contribution is 0.0932.